The van der Waals surface area contributed by atoms with E-state index in [1.807, 2.05) is 6.07 Å². The van der Waals surface area contributed by atoms with E-state index in [1.165, 1.54) is 37.7 Å². The molecular weight excluding hydrogens is 348 g/mol. The lowest BCUT2D eigenvalue weighted by Crippen LogP contribution is -2.58. The van der Waals surface area contributed by atoms with Crippen LogP contribution < -0.4 is 11.1 Å². The number of likely N-dealkylation sites (tertiary alicyclic amines) is 1. The number of amides is 1. The van der Waals surface area contributed by atoms with Crippen LogP contribution in [0.5, 0.6) is 0 Å². The molecule has 2 aliphatic rings. The number of benzene rings is 1. The van der Waals surface area contributed by atoms with Crippen LogP contribution in [-0.4, -0.2) is 42.0 Å². The number of hydrogen-bond acceptors (Lipinski definition) is 4. The van der Waals surface area contributed by atoms with E-state index in [9.17, 15) is 10.1 Å². The molecule has 1 aromatic rings. The predicted molar refractivity (Wildman–Crippen MR) is 111 cm³/mol. The molecule has 0 bridgehead atoms. The lowest BCUT2D eigenvalue weighted by Gasteiger charge is -2.38. The van der Waals surface area contributed by atoms with Crippen LogP contribution >= 0.6 is 0 Å². The second-order valence-electron chi connectivity index (χ2n) is 8.61. The molecule has 0 radical (unpaired) electrons. The van der Waals surface area contributed by atoms with E-state index in [0.717, 1.165) is 32.5 Å². The summed E-state index contributed by atoms with van der Waals surface area (Å²) in [5.41, 5.74) is 6.76. The molecule has 0 aromatic heterocycles. The van der Waals surface area contributed by atoms with Crippen LogP contribution in [0, 0.1) is 17.2 Å². The maximum absolute atomic E-state index is 12.6. The quantitative estimate of drug-likeness (QED) is 0.759. The molecule has 1 aliphatic heterocycles. The molecule has 1 unspecified atom stereocenters. The van der Waals surface area contributed by atoms with Crippen LogP contribution in [0.15, 0.2) is 30.3 Å². The lowest BCUT2D eigenvalue weighted by atomic mass is 9.84. The van der Waals surface area contributed by atoms with Crippen molar-refractivity contribution < 1.29 is 4.79 Å². The Bertz CT molecular complexity index is 655. The molecule has 1 saturated heterocycles. The van der Waals surface area contributed by atoms with E-state index in [-0.39, 0.29) is 5.91 Å². The van der Waals surface area contributed by atoms with Crippen LogP contribution in [0.1, 0.15) is 56.9 Å². The van der Waals surface area contributed by atoms with E-state index in [0.29, 0.717) is 18.8 Å². The Morgan fingerprint density at radius 1 is 1.21 bits per heavy atom. The van der Waals surface area contributed by atoms with E-state index in [4.69, 9.17) is 5.73 Å². The normalized spacial score (nSPS) is 21.6. The maximum atomic E-state index is 12.6. The maximum Gasteiger partial charge on any atom is 0.238 e. The van der Waals surface area contributed by atoms with Crippen molar-refractivity contribution in [3.8, 4) is 6.07 Å². The van der Waals surface area contributed by atoms with Gasteiger partial charge >= 0.3 is 0 Å². The summed E-state index contributed by atoms with van der Waals surface area (Å²) in [5, 5.41) is 12.8. The topological polar surface area (TPSA) is 82.1 Å². The minimum Gasteiger partial charge on any atom is -0.336 e. The highest BCUT2D eigenvalue weighted by atomic mass is 16.2. The Morgan fingerprint density at radius 3 is 2.54 bits per heavy atom. The number of nitrogens with one attached hydrogen (secondary N) is 1. The summed E-state index contributed by atoms with van der Waals surface area (Å²) in [7, 11) is 0. The molecular formula is C23H34N4O. The second-order valence-corrected chi connectivity index (χ2v) is 8.61. The van der Waals surface area contributed by atoms with Gasteiger partial charge in [0.1, 0.15) is 5.54 Å². The molecule has 0 spiro atoms. The monoisotopic (exact) mass is 382 g/mol. The van der Waals surface area contributed by atoms with Gasteiger partial charge in [0, 0.05) is 19.6 Å². The molecule has 3 N–H and O–H groups in total. The molecule has 152 valence electrons. The number of hydrogen-bond donors (Lipinski definition) is 2. The van der Waals surface area contributed by atoms with Gasteiger partial charge in [0.15, 0.2) is 0 Å². The van der Waals surface area contributed by atoms with Crippen molar-refractivity contribution in [2.75, 3.05) is 19.6 Å². The van der Waals surface area contributed by atoms with Crippen LogP contribution in [0.3, 0.4) is 0 Å². The van der Waals surface area contributed by atoms with Crippen LogP contribution in [0.2, 0.25) is 0 Å². The van der Waals surface area contributed by atoms with E-state index >= 15 is 0 Å². The average Bonchev–Trinajstić information content (AvgIpc) is 2.74. The molecule has 1 heterocycles. The Labute approximate surface area is 169 Å². The van der Waals surface area contributed by atoms with Gasteiger partial charge in [-0.15, -0.1) is 0 Å². The third-order valence-electron chi connectivity index (χ3n) is 6.49. The summed E-state index contributed by atoms with van der Waals surface area (Å²) in [5.74, 6) is 0.414. The SMILES string of the molecule is N#CC1(NC(=O)C(N)CC2CCCCC2)CCN(CCc2ccccc2)CC1. The molecule has 5 heteroatoms. The van der Waals surface area contributed by atoms with Gasteiger partial charge in [-0.1, -0.05) is 62.4 Å². The standard InChI is InChI=1S/C23H34N4O/c24-18-23(26-22(28)21(25)17-20-9-5-2-6-10-20)12-15-27(16-13-23)14-11-19-7-3-1-4-8-19/h1,3-4,7-8,20-21H,2,5-6,9-17,25H2,(H,26,28). The molecule has 5 nitrogen and oxygen atoms in total. The zero-order valence-corrected chi connectivity index (χ0v) is 16.9. The lowest BCUT2D eigenvalue weighted by molar-refractivity contribution is -0.124. The second kappa shape index (κ2) is 10.0. The first-order chi connectivity index (χ1) is 13.6. The average molecular weight is 383 g/mol. The zero-order chi connectivity index (χ0) is 19.8. The Balaban J connectivity index is 1.45. The Kier molecular flexibility index (Phi) is 7.47. The summed E-state index contributed by atoms with van der Waals surface area (Å²) in [4.78, 5) is 15.0. The zero-order valence-electron chi connectivity index (χ0n) is 16.9. The number of piperidine rings is 1. The highest BCUT2D eigenvalue weighted by Gasteiger charge is 2.37. The van der Waals surface area contributed by atoms with Crippen LogP contribution in [0.25, 0.3) is 0 Å². The third-order valence-corrected chi connectivity index (χ3v) is 6.49. The van der Waals surface area contributed by atoms with Gasteiger partial charge in [0.2, 0.25) is 5.91 Å². The van der Waals surface area contributed by atoms with Crippen molar-refractivity contribution in [3.05, 3.63) is 35.9 Å². The van der Waals surface area contributed by atoms with Crippen molar-refractivity contribution in [3.63, 3.8) is 0 Å². The number of carbonyl (C=O) groups excluding carboxylic acids is 1. The number of carbonyl (C=O) groups is 1. The van der Waals surface area contributed by atoms with Gasteiger partial charge in [-0.25, -0.2) is 0 Å². The minimum absolute atomic E-state index is 0.148. The van der Waals surface area contributed by atoms with Crippen LogP contribution in [0.4, 0.5) is 0 Å². The molecule has 1 aliphatic carbocycles. The number of nitriles is 1. The van der Waals surface area contributed by atoms with Crippen molar-refractivity contribution in [2.24, 2.45) is 11.7 Å². The fourth-order valence-electron chi connectivity index (χ4n) is 4.57. The third kappa shape index (κ3) is 5.80. The number of rotatable bonds is 7. The molecule has 1 saturated carbocycles. The van der Waals surface area contributed by atoms with Gasteiger partial charge in [-0.2, -0.15) is 5.26 Å². The van der Waals surface area contributed by atoms with Crippen molar-refractivity contribution in [2.45, 2.75) is 69.4 Å². The number of nitrogens with two attached hydrogens (primary N) is 1. The smallest absolute Gasteiger partial charge is 0.238 e. The summed E-state index contributed by atoms with van der Waals surface area (Å²) in [6.45, 7) is 2.65. The van der Waals surface area contributed by atoms with Gasteiger partial charge in [-0.05, 0) is 37.2 Å². The van der Waals surface area contributed by atoms with E-state index in [2.05, 4.69) is 40.6 Å². The fourth-order valence-corrected chi connectivity index (χ4v) is 4.57. The van der Waals surface area contributed by atoms with E-state index < -0.39 is 11.6 Å². The predicted octanol–water partition coefficient (Wildman–Crippen LogP) is 3.00. The first kappa shape index (κ1) is 20.8. The summed E-state index contributed by atoms with van der Waals surface area (Å²) < 4.78 is 0. The summed E-state index contributed by atoms with van der Waals surface area (Å²) >= 11 is 0. The Morgan fingerprint density at radius 2 is 1.89 bits per heavy atom. The highest BCUT2D eigenvalue weighted by molar-refractivity contribution is 5.82. The van der Waals surface area contributed by atoms with Gasteiger partial charge < -0.3 is 16.0 Å². The summed E-state index contributed by atoms with van der Waals surface area (Å²) in [6, 6.07) is 12.4. The van der Waals surface area contributed by atoms with Crippen molar-refractivity contribution in [1.82, 2.24) is 10.2 Å². The van der Waals surface area contributed by atoms with Crippen molar-refractivity contribution >= 4 is 5.91 Å². The number of nitrogens with zero attached hydrogens (tertiary/aromatic N) is 2. The summed E-state index contributed by atoms with van der Waals surface area (Å²) in [6.07, 6.45) is 9.26. The highest BCUT2D eigenvalue weighted by Crippen LogP contribution is 2.27. The molecule has 3 rings (SSSR count). The molecule has 1 aromatic carbocycles. The molecule has 2 fully saturated rings. The largest absolute Gasteiger partial charge is 0.336 e. The van der Waals surface area contributed by atoms with Gasteiger partial charge in [0.05, 0.1) is 12.1 Å². The van der Waals surface area contributed by atoms with Gasteiger partial charge in [0.25, 0.3) is 0 Å². The molecule has 28 heavy (non-hydrogen) atoms. The fraction of sp³-hybridized carbons (Fsp3) is 0.652. The van der Waals surface area contributed by atoms with E-state index in [1.54, 1.807) is 0 Å². The molecule has 1 amide bonds. The molecule has 1 atom stereocenters. The Hall–Kier alpha value is -1.90. The van der Waals surface area contributed by atoms with Crippen LogP contribution in [-0.2, 0) is 11.2 Å². The van der Waals surface area contributed by atoms with Gasteiger partial charge in [-0.3, -0.25) is 4.79 Å². The van der Waals surface area contributed by atoms with Crippen molar-refractivity contribution in [1.29, 1.82) is 5.26 Å². The minimum atomic E-state index is -0.759. The first-order valence-electron chi connectivity index (χ1n) is 10.9. The first-order valence-corrected chi connectivity index (χ1v) is 10.9.